The second-order valence-electron chi connectivity index (χ2n) is 5.60. The van der Waals surface area contributed by atoms with Gasteiger partial charge in [0.05, 0.1) is 11.8 Å². The summed E-state index contributed by atoms with van der Waals surface area (Å²) in [6.45, 7) is 1.40. The van der Waals surface area contributed by atoms with E-state index in [0.717, 1.165) is 0 Å². The lowest BCUT2D eigenvalue weighted by atomic mass is 10.0. The Morgan fingerprint density at radius 1 is 1.36 bits per heavy atom. The molecule has 0 amide bonds. The first-order chi connectivity index (χ1) is 11.8. The van der Waals surface area contributed by atoms with Crippen LogP contribution in [0.3, 0.4) is 0 Å². The second kappa shape index (κ2) is 8.15. The number of carboxylic acids is 1. The molecule has 4 N–H and O–H groups in total. The Bertz CT molecular complexity index is 635. The number of carbonyl (C=O) groups is 2. The molecule has 9 heteroatoms. The second-order valence-corrected chi connectivity index (χ2v) is 5.60. The van der Waals surface area contributed by atoms with Crippen LogP contribution in [0.1, 0.15) is 18.9 Å². The summed E-state index contributed by atoms with van der Waals surface area (Å²) in [4.78, 5) is 21.9. The molecule has 1 aromatic rings. The Kier molecular flexibility index (Phi) is 6.18. The lowest BCUT2D eigenvalue weighted by molar-refractivity contribution is -0.238. The maximum Gasteiger partial charge on any atom is 0.333 e. The van der Waals surface area contributed by atoms with Gasteiger partial charge < -0.3 is 34.8 Å². The number of aliphatic hydroxyl groups is 2. The van der Waals surface area contributed by atoms with Crippen molar-refractivity contribution < 1.29 is 39.1 Å². The van der Waals surface area contributed by atoms with Crippen molar-refractivity contribution in [3.05, 3.63) is 23.8 Å². The Hall–Kier alpha value is -2.36. The Balaban J connectivity index is 2.14. The number of esters is 1. The van der Waals surface area contributed by atoms with Crippen LogP contribution in [0.15, 0.2) is 18.2 Å². The van der Waals surface area contributed by atoms with Gasteiger partial charge in [0.25, 0.3) is 0 Å². The molecule has 0 unspecified atom stereocenters. The van der Waals surface area contributed by atoms with E-state index in [4.69, 9.17) is 19.3 Å². The fourth-order valence-corrected chi connectivity index (χ4v) is 2.37. The summed E-state index contributed by atoms with van der Waals surface area (Å²) in [7, 11) is 1.64. The van der Waals surface area contributed by atoms with Crippen LogP contribution in [-0.2, 0) is 25.7 Å². The third kappa shape index (κ3) is 4.81. The van der Waals surface area contributed by atoms with E-state index >= 15 is 0 Å². The predicted octanol–water partition coefficient (Wildman–Crippen LogP) is 0.0916. The quantitative estimate of drug-likeness (QED) is 0.524. The topological polar surface area (TPSA) is 135 Å². The van der Waals surface area contributed by atoms with Gasteiger partial charge in [-0.25, -0.2) is 4.79 Å². The van der Waals surface area contributed by atoms with Gasteiger partial charge in [-0.1, -0.05) is 6.07 Å². The zero-order valence-corrected chi connectivity index (χ0v) is 13.8. The molecule has 1 fully saturated rings. The Morgan fingerprint density at radius 2 is 2.08 bits per heavy atom. The van der Waals surface area contributed by atoms with Crippen molar-refractivity contribution in [1.82, 2.24) is 0 Å². The highest BCUT2D eigenvalue weighted by molar-refractivity contribution is 5.72. The molecule has 138 valence electrons. The molecule has 1 aromatic carbocycles. The minimum Gasteiger partial charge on any atom is -0.479 e. The van der Waals surface area contributed by atoms with Gasteiger partial charge in [0.15, 0.2) is 6.10 Å². The van der Waals surface area contributed by atoms with Crippen molar-refractivity contribution in [1.29, 1.82) is 0 Å². The first kappa shape index (κ1) is 19.0. The number of hydrogen-bond acceptors (Lipinski definition) is 8. The van der Waals surface area contributed by atoms with E-state index in [2.05, 4.69) is 5.32 Å². The first-order valence-corrected chi connectivity index (χ1v) is 7.67. The van der Waals surface area contributed by atoms with Crippen LogP contribution in [0, 0.1) is 0 Å². The van der Waals surface area contributed by atoms with Crippen LogP contribution >= 0.6 is 0 Å². The van der Waals surface area contributed by atoms with Crippen LogP contribution in [-0.4, -0.2) is 58.9 Å². The van der Waals surface area contributed by atoms with Gasteiger partial charge in [-0.05, 0) is 17.7 Å². The summed E-state index contributed by atoms with van der Waals surface area (Å²) in [6, 6.07) is 4.90. The molecule has 0 aromatic heterocycles. The van der Waals surface area contributed by atoms with E-state index in [0.29, 0.717) is 11.3 Å². The molecule has 1 heterocycles. The molecule has 2 rings (SSSR count). The van der Waals surface area contributed by atoms with Crippen LogP contribution < -0.4 is 10.1 Å². The molecule has 0 radical (unpaired) electrons. The van der Waals surface area contributed by atoms with Gasteiger partial charge in [0, 0.05) is 20.4 Å². The molecule has 1 aliphatic rings. The van der Waals surface area contributed by atoms with E-state index in [-0.39, 0.29) is 18.8 Å². The summed E-state index contributed by atoms with van der Waals surface area (Å²) in [5.74, 6) is -1.36. The first-order valence-electron chi connectivity index (χ1n) is 7.67. The molecule has 0 saturated carbocycles. The number of aliphatic hydroxyl groups excluding tert-OH is 2. The fraction of sp³-hybridized carbons (Fsp3) is 0.500. The number of hydrogen-bond donors (Lipinski definition) is 4. The lowest BCUT2D eigenvalue weighted by Gasteiger charge is -2.35. The van der Waals surface area contributed by atoms with Gasteiger partial charge in [-0.2, -0.15) is 0 Å². The molecule has 0 aliphatic carbocycles. The number of anilines is 1. The zero-order valence-electron chi connectivity index (χ0n) is 13.8. The maximum atomic E-state index is 11.1. The molecular formula is C16H21NO8. The number of carboxylic acid groups (broad SMARTS) is 1. The van der Waals surface area contributed by atoms with Gasteiger partial charge >= 0.3 is 11.9 Å². The van der Waals surface area contributed by atoms with Gasteiger partial charge in [-0.3, -0.25) is 4.79 Å². The molecule has 1 aliphatic heterocycles. The van der Waals surface area contributed by atoms with E-state index in [1.807, 2.05) is 0 Å². The minimum absolute atomic E-state index is 0.0899. The van der Waals surface area contributed by atoms with Gasteiger partial charge in [-0.15, -0.1) is 0 Å². The highest BCUT2D eigenvalue weighted by atomic mass is 16.7. The fourth-order valence-electron chi connectivity index (χ4n) is 2.37. The van der Waals surface area contributed by atoms with Gasteiger partial charge in [0.2, 0.25) is 6.29 Å². The highest BCUT2D eigenvalue weighted by Gasteiger charge is 2.41. The SMILES string of the molecule is CNc1cc(COC(C)=O)ccc1O[C@@H]1O[C@H](C(=O)O)C[C@H](O)[C@H]1O. The van der Waals surface area contributed by atoms with E-state index < -0.39 is 36.5 Å². The van der Waals surface area contributed by atoms with Crippen molar-refractivity contribution in [2.24, 2.45) is 0 Å². The highest BCUT2D eigenvalue weighted by Crippen LogP contribution is 2.30. The summed E-state index contributed by atoms with van der Waals surface area (Å²) >= 11 is 0. The number of rotatable bonds is 6. The van der Waals surface area contributed by atoms with Crippen molar-refractivity contribution >= 4 is 17.6 Å². The standard InChI is InChI=1S/C16H21NO8/c1-8(18)23-7-9-3-4-12(10(5-9)17-2)24-16-14(20)11(19)6-13(25-16)15(21)22/h3-5,11,13-14,16-17,19-20H,6-7H2,1-2H3,(H,21,22)/t11-,13-,14+,16+/m0/s1. The van der Waals surface area contributed by atoms with Crippen molar-refractivity contribution in [3.8, 4) is 5.75 Å². The molecule has 0 bridgehead atoms. The minimum atomic E-state index is -1.39. The third-order valence-corrected chi connectivity index (χ3v) is 3.70. The predicted molar refractivity (Wildman–Crippen MR) is 85.0 cm³/mol. The monoisotopic (exact) mass is 355 g/mol. The zero-order chi connectivity index (χ0) is 18.6. The van der Waals surface area contributed by atoms with Crippen molar-refractivity contribution in [2.75, 3.05) is 12.4 Å². The molecule has 25 heavy (non-hydrogen) atoms. The summed E-state index contributed by atoms with van der Waals surface area (Å²) < 4.78 is 15.7. The van der Waals surface area contributed by atoms with Crippen molar-refractivity contribution in [3.63, 3.8) is 0 Å². The molecule has 9 nitrogen and oxygen atoms in total. The largest absolute Gasteiger partial charge is 0.479 e. The van der Waals surface area contributed by atoms with Crippen LogP contribution in [0.5, 0.6) is 5.75 Å². The average molecular weight is 355 g/mol. The summed E-state index contributed by atoms with van der Waals surface area (Å²) in [5.41, 5.74) is 1.23. The van der Waals surface area contributed by atoms with Crippen molar-refractivity contribution in [2.45, 2.75) is 44.6 Å². The summed E-state index contributed by atoms with van der Waals surface area (Å²) in [6.07, 6.45) is -5.50. The summed E-state index contributed by atoms with van der Waals surface area (Å²) in [5, 5.41) is 31.7. The number of benzene rings is 1. The smallest absolute Gasteiger partial charge is 0.333 e. The van der Waals surface area contributed by atoms with Crippen LogP contribution in [0.4, 0.5) is 5.69 Å². The number of carbonyl (C=O) groups excluding carboxylic acids is 1. The average Bonchev–Trinajstić information content (AvgIpc) is 2.57. The molecule has 1 saturated heterocycles. The third-order valence-electron chi connectivity index (χ3n) is 3.70. The van der Waals surface area contributed by atoms with E-state index in [1.165, 1.54) is 6.92 Å². The normalized spacial score (nSPS) is 25.9. The Labute approximate surface area is 144 Å². The molecular weight excluding hydrogens is 334 g/mol. The van der Waals surface area contributed by atoms with Crippen LogP contribution in [0.25, 0.3) is 0 Å². The van der Waals surface area contributed by atoms with E-state index in [9.17, 15) is 19.8 Å². The lowest BCUT2D eigenvalue weighted by Crippen LogP contribution is -2.52. The number of ether oxygens (including phenoxy) is 3. The molecule has 4 atom stereocenters. The number of nitrogens with one attached hydrogen (secondary N) is 1. The van der Waals surface area contributed by atoms with Crippen LogP contribution in [0.2, 0.25) is 0 Å². The Morgan fingerprint density at radius 3 is 2.68 bits per heavy atom. The molecule has 0 spiro atoms. The van der Waals surface area contributed by atoms with E-state index in [1.54, 1.807) is 25.2 Å². The maximum absolute atomic E-state index is 11.1. The van der Waals surface area contributed by atoms with Gasteiger partial charge in [0.1, 0.15) is 18.5 Å². The number of aliphatic carboxylic acids is 1.